The highest BCUT2D eigenvalue weighted by atomic mass is 16.3. The van der Waals surface area contributed by atoms with E-state index in [2.05, 4.69) is 205 Å². The van der Waals surface area contributed by atoms with Gasteiger partial charge in [0.2, 0.25) is 0 Å². The third kappa shape index (κ3) is 5.19. The van der Waals surface area contributed by atoms with E-state index in [4.69, 9.17) is 4.42 Å². The molecule has 0 saturated heterocycles. The van der Waals surface area contributed by atoms with Crippen molar-refractivity contribution in [2.24, 2.45) is 0 Å². The van der Waals surface area contributed by atoms with Crippen molar-refractivity contribution in [2.75, 3.05) is 0 Å². The fourth-order valence-electron chi connectivity index (χ4n) is 9.13. The van der Waals surface area contributed by atoms with Crippen LogP contribution in [0.15, 0.2) is 217 Å². The minimum absolute atomic E-state index is 0.919. The van der Waals surface area contributed by atoms with Gasteiger partial charge in [-0.2, -0.15) is 0 Å². The Hall–Kier alpha value is -7.68. The number of aromatic nitrogens is 1. The van der Waals surface area contributed by atoms with E-state index in [1.54, 1.807) is 0 Å². The van der Waals surface area contributed by atoms with E-state index in [1.807, 2.05) is 12.1 Å². The zero-order valence-electron chi connectivity index (χ0n) is 31.6. The molecule has 0 aliphatic rings. The molecule has 12 rings (SSSR count). The molecule has 0 aliphatic heterocycles. The summed E-state index contributed by atoms with van der Waals surface area (Å²) in [6, 6.07) is 77.1. The molecule has 270 valence electrons. The number of para-hydroxylation sites is 2. The Balaban J connectivity index is 0.860. The van der Waals surface area contributed by atoms with Crippen LogP contribution in [0.3, 0.4) is 0 Å². The number of benzene rings is 10. The summed E-state index contributed by atoms with van der Waals surface area (Å²) in [6.07, 6.45) is 0. The average Bonchev–Trinajstić information content (AvgIpc) is 3.84. The van der Waals surface area contributed by atoms with Crippen molar-refractivity contribution < 1.29 is 4.42 Å². The first kappa shape index (κ1) is 32.6. The molecule has 0 radical (unpaired) electrons. The normalized spacial score (nSPS) is 11.8. The maximum absolute atomic E-state index is 6.06. The van der Waals surface area contributed by atoms with Crippen LogP contribution in [0, 0.1) is 0 Å². The zero-order valence-corrected chi connectivity index (χ0v) is 31.6. The van der Waals surface area contributed by atoms with Crippen molar-refractivity contribution in [1.82, 2.24) is 4.57 Å². The highest BCUT2D eigenvalue weighted by Crippen LogP contribution is 2.39. The Bertz CT molecular complexity index is 3530. The fourth-order valence-corrected chi connectivity index (χ4v) is 9.13. The maximum atomic E-state index is 6.06. The number of nitrogens with zero attached hydrogens (tertiary/aromatic N) is 1. The van der Waals surface area contributed by atoms with Crippen LogP contribution in [0.5, 0.6) is 0 Å². The van der Waals surface area contributed by atoms with Gasteiger partial charge < -0.3 is 8.98 Å². The van der Waals surface area contributed by atoms with Crippen molar-refractivity contribution in [3.05, 3.63) is 212 Å². The SMILES string of the molecule is c1ccc2c(c1)cc(-c1ccc(-c3ccc4c(c3)c3ccccc3n4-c3ccc(-c4ccc(-c5ccc6oc7ccccc7c6c5)cc4)cc3)cc1)c1ccccc12. The highest BCUT2D eigenvalue weighted by molar-refractivity contribution is 6.14. The van der Waals surface area contributed by atoms with Gasteiger partial charge in [0.25, 0.3) is 0 Å². The zero-order chi connectivity index (χ0) is 38.2. The van der Waals surface area contributed by atoms with Gasteiger partial charge >= 0.3 is 0 Å². The van der Waals surface area contributed by atoms with E-state index in [0.717, 1.165) is 27.6 Å². The standard InChI is InChI=1S/C56H35NO/c1-2-10-45-43(9-1)35-50(47-12-4-3-11-46(45)47)40-23-21-39(22-24-40)41-27-31-54-51(33-41)48-13-5-7-15-53(48)57(54)44-29-25-37(26-30-44)36-17-19-38(20-18-36)42-28-32-56-52(34-42)49-14-6-8-16-55(49)58-56/h1-35H. The van der Waals surface area contributed by atoms with E-state index in [1.165, 1.54) is 87.9 Å². The highest BCUT2D eigenvalue weighted by Gasteiger charge is 2.15. The van der Waals surface area contributed by atoms with Gasteiger partial charge in [-0.05, 0) is 121 Å². The predicted molar refractivity (Wildman–Crippen MR) is 245 cm³/mol. The van der Waals surface area contributed by atoms with Gasteiger partial charge in [-0.1, -0.05) is 158 Å². The molecule has 0 atom stereocenters. The summed E-state index contributed by atoms with van der Waals surface area (Å²) in [4.78, 5) is 0. The van der Waals surface area contributed by atoms with Crippen LogP contribution < -0.4 is 0 Å². The average molecular weight is 738 g/mol. The van der Waals surface area contributed by atoms with Gasteiger partial charge in [0.15, 0.2) is 0 Å². The molecular formula is C56H35NO. The van der Waals surface area contributed by atoms with Crippen LogP contribution in [0.25, 0.3) is 115 Å². The van der Waals surface area contributed by atoms with Gasteiger partial charge in [0.1, 0.15) is 11.2 Å². The van der Waals surface area contributed by atoms with Crippen LogP contribution in [-0.4, -0.2) is 4.57 Å². The molecule has 0 N–H and O–H groups in total. The second kappa shape index (κ2) is 12.9. The Morgan fingerprint density at radius 3 is 1.50 bits per heavy atom. The molecule has 0 spiro atoms. The quantitative estimate of drug-likeness (QED) is 0.161. The van der Waals surface area contributed by atoms with Gasteiger partial charge in [0, 0.05) is 27.2 Å². The maximum Gasteiger partial charge on any atom is 0.135 e. The van der Waals surface area contributed by atoms with Crippen LogP contribution >= 0.6 is 0 Å². The van der Waals surface area contributed by atoms with E-state index in [0.29, 0.717) is 0 Å². The number of hydrogen-bond donors (Lipinski definition) is 0. The van der Waals surface area contributed by atoms with Crippen LogP contribution in [0.4, 0.5) is 0 Å². The summed E-state index contributed by atoms with van der Waals surface area (Å²) in [5, 5.41) is 9.93. The fraction of sp³-hybridized carbons (Fsp3) is 0. The van der Waals surface area contributed by atoms with Crippen molar-refractivity contribution in [3.63, 3.8) is 0 Å². The summed E-state index contributed by atoms with van der Waals surface area (Å²) in [5.74, 6) is 0. The molecular weight excluding hydrogens is 703 g/mol. The van der Waals surface area contributed by atoms with Crippen molar-refractivity contribution in [2.45, 2.75) is 0 Å². The van der Waals surface area contributed by atoms with E-state index in [-0.39, 0.29) is 0 Å². The minimum Gasteiger partial charge on any atom is -0.456 e. The predicted octanol–water partition coefficient (Wildman–Crippen LogP) is 15.7. The summed E-state index contributed by atoms with van der Waals surface area (Å²) < 4.78 is 8.46. The molecule has 2 nitrogen and oxygen atoms in total. The van der Waals surface area contributed by atoms with Crippen molar-refractivity contribution in [3.8, 4) is 50.2 Å². The molecule has 2 aromatic heterocycles. The van der Waals surface area contributed by atoms with Gasteiger partial charge in [0.05, 0.1) is 11.0 Å². The van der Waals surface area contributed by atoms with Gasteiger partial charge in [-0.15, -0.1) is 0 Å². The first-order valence-electron chi connectivity index (χ1n) is 19.9. The number of furan rings is 1. The number of rotatable bonds is 5. The Morgan fingerprint density at radius 2 is 0.759 bits per heavy atom. The number of hydrogen-bond acceptors (Lipinski definition) is 1. The lowest BCUT2D eigenvalue weighted by molar-refractivity contribution is 0.669. The van der Waals surface area contributed by atoms with E-state index < -0.39 is 0 Å². The summed E-state index contributed by atoms with van der Waals surface area (Å²) >= 11 is 0. The van der Waals surface area contributed by atoms with Crippen molar-refractivity contribution in [1.29, 1.82) is 0 Å². The van der Waals surface area contributed by atoms with Crippen LogP contribution in [0.2, 0.25) is 0 Å². The monoisotopic (exact) mass is 737 g/mol. The lowest BCUT2D eigenvalue weighted by Gasteiger charge is -2.12. The Labute approximate surface area is 335 Å². The van der Waals surface area contributed by atoms with Crippen LogP contribution in [0.1, 0.15) is 0 Å². The molecule has 58 heavy (non-hydrogen) atoms. The summed E-state index contributed by atoms with van der Waals surface area (Å²) in [5.41, 5.74) is 15.0. The molecule has 12 aromatic rings. The molecule has 2 heterocycles. The summed E-state index contributed by atoms with van der Waals surface area (Å²) in [7, 11) is 0. The second-order valence-corrected chi connectivity index (χ2v) is 15.3. The largest absolute Gasteiger partial charge is 0.456 e. The van der Waals surface area contributed by atoms with Gasteiger partial charge in [-0.25, -0.2) is 0 Å². The smallest absolute Gasteiger partial charge is 0.135 e. The minimum atomic E-state index is 0.919. The lowest BCUT2D eigenvalue weighted by Crippen LogP contribution is -1.93. The molecule has 0 amide bonds. The van der Waals surface area contributed by atoms with Crippen LogP contribution in [-0.2, 0) is 0 Å². The first-order valence-corrected chi connectivity index (χ1v) is 19.9. The third-order valence-electron chi connectivity index (χ3n) is 12.0. The first-order chi connectivity index (χ1) is 28.7. The third-order valence-corrected chi connectivity index (χ3v) is 12.0. The summed E-state index contributed by atoms with van der Waals surface area (Å²) in [6.45, 7) is 0. The lowest BCUT2D eigenvalue weighted by atomic mass is 9.92. The topological polar surface area (TPSA) is 18.1 Å². The molecule has 0 aliphatic carbocycles. The molecule has 0 unspecified atom stereocenters. The Kier molecular flexibility index (Phi) is 7.26. The molecule has 0 bridgehead atoms. The number of fused-ring (bicyclic) bond motifs is 9. The molecule has 0 saturated carbocycles. The molecule has 0 fully saturated rings. The van der Waals surface area contributed by atoms with E-state index in [9.17, 15) is 0 Å². The molecule has 2 heteroatoms. The van der Waals surface area contributed by atoms with E-state index >= 15 is 0 Å². The second-order valence-electron chi connectivity index (χ2n) is 15.3. The van der Waals surface area contributed by atoms with Gasteiger partial charge in [-0.3, -0.25) is 0 Å². The Morgan fingerprint density at radius 1 is 0.276 bits per heavy atom. The molecule has 10 aromatic carbocycles. The van der Waals surface area contributed by atoms with Crippen molar-refractivity contribution >= 4 is 65.3 Å².